The van der Waals surface area contributed by atoms with Crippen molar-refractivity contribution in [2.45, 2.75) is 58.9 Å². The molecule has 1 aromatic carbocycles. The van der Waals surface area contributed by atoms with Crippen LogP contribution in [-0.4, -0.2) is 30.2 Å². The number of furan rings is 1. The Morgan fingerprint density at radius 3 is 2.57 bits per heavy atom. The minimum atomic E-state index is -0.612. The number of nitrogens with zero attached hydrogens (tertiary/aromatic N) is 3. The number of esters is 1. The first-order valence-corrected chi connectivity index (χ1v) is 13.8. The van der Waals surface area contributed by atoms with Gasteiger partial charge in [0.05, 0.1) is 28.5 Å². The summed E-state index contributed by atoms with van der Waals surface area (Å²) in [6.07, 6.45) is 5.35. The fourth-order valence-electron chi connectivity index (χ4n) is 5.00. The van der Waals surface area contributed by atoms with Crippen molar-refractivity contribution in [1.29, 1.82) is 0 Å². The van der Waals surface area contributed by atoms with Gasteiger partial charge in [-0.25, -0.2) is 9.79 Å². The molecule has 5 rings (SSSR count). The number of hydrogen-bond donors (Lipinski definition) is 0. The van der Waals surface area contributed by atoms with E-state index < -0.39 is 12.0 Å². The molecule has 37 heavy (non-hydrogen) atoms. The molecular weight excluding hydrogens is 486 g/mol. The Kier molecular flexibility index (Phi) is 7.20. The molecule has 3 aromatic rings. The van der Waals surface area contributed by atoms with Crippen LogP contribution in [0.3, 0.4) is 0 Å². The maximum Gasteiger partial charge on any atom is 0.338 e. The molecule has 1 atom stereocenters. The summed E-state index contributed by atoms with van der Waals surface area (Å²) in [6, 6.07) is 11.4. The van der Waals surface area contributed by atoms with Gasteiger partial charge in [0.15, 0.2) is 10.7 Å². The van der Waals surface area contributed by atoms with Crippen LogP contribution in [0.4, 0.5) is 5.88 Å². The summed E-state index contributed by atoms with van der Waals surface area (Å²) >= 11 is 1.31. The maximum atomic E-state index is 13.8. The molecule has 8 heteroatoms. The number of fused-ring (bicyclic) bond motifs is 1. The number of carbonyl (C=O) groups is 1. The molecule has 4 heterocycles. The number of allylic oxidation sites excluding steroid dienone is 1. The average Bonchev–Trinajstić information content (AvgIpc) is 3.48. The summed E-state index contributed by atoms with van der Waals surface area (Å²) in [5, 5.41) is 0. The lowest BCUT2D eigenvalue weighted by atomic mass is 9.93. The van der Waals surface area contributed by atoms with Crippen molar-refractivity contribution in [1.82, 2.24) is 4.57 Å². The molecule has 0 amide bonds. The molecular formula is C29H33N3O4S. The van der Waals surface area contributed by atoms with E-state index in [2.05, 4.69) is 35.9 Å². The Balaban J connectivity index is 1.60. The van der Waals surface area contributed by atoms with Crippen LogP contribution >= 0.6 is 11.3 Å². The highest BCUT2D eigenvalue weighted by Crippen LogP contribution is 2.31. The van der Waals surface area contributed by atoms with E-state index >= 15 is 0 Å². The number of piperidine rings is 1. The lowest BCUT2D eigenvalue weighted by Gasteiger charge is -2.25. The number of rotatable bonds is 6. The normalized spacial score (nSPS) is 18.2. The fraction of sp³-hybridized carbons (Fsp3) is 0.414. The Bertz CT molecular complexity index is 1500. The Labute approximate surface area is 220 Å². The second-order valence-electron chi connectivity index (χ2n) is 9.85. The highest BCUT2D eigenvalue weighted by molar-refractivity contribution is 7.07. The molecule has 0 radical (unpaired) electrons. The van der Waals surface area contributed by atoms with Gasteiger partial charge in [-0.2, -0.15) is 0 Å². The summed E-state index contributed by atoms with van der Waals surface area (Å²) in [5.41, 5.74) is 2.79. The van der Waals surface area contributed by atoms with Gasteiger partial charge in [0, 0.05) is 25.2 Å². The highest BCUT2D eigenvalue weighted by atomic mass is 32.1. The molecule has 1 unspecified atom stereocenters. The second-order valence-corrected chi connectivity index (χ2v) is 10.9. The number of benzene rings is 1. The monoisotopic (exact) mass is 519 g/mol. The smallest absolute Gasteiger partial charge is 0.338 e. The topological polar surface area (TPSA) is 77.0 Å². The third kappa shape index (κ3) is 4.94. The predicted molar refractivity (Wildman–Crippen MR) is 146 cm³/mol. The van der Waals surface area contributed by atoms with Gasteiger partial charge in [-0.3, -0.25) is 9.36 Å². The fourth-order valence-corrected chi connectivity index (χ4v) is 6.03. The molecule has 0 spiro atoms. The zero-order valence-corrected chi connectivity index (χ0v) is 22.6. The van der Waals surface area contributed by atoms with Gasteiger partial charge in [0.1, 0.15) is 5.76 Å². The zero-order chi connectivity index (χ0) is 26.1. The van der Waals surface area contributed by atoms with E-state index in [1.807, 2.05) is 24.3 Å². The van der Waals surface area contributed by atoms with Crippen LogP contribution in [0.15, 0.2) is 61.9 Å². The van der Waals surface area contributed by atoms with Crippen LogP contribution in [0.1, 0.15) is 75.8 Å². The average molecular weight is 520 g/mol. The molecule has 1 saturated heterocycles. The second kappa shape index (κ2) is 10.5. The third-order valence-corrected chi connectivity index (χ3v) is 7.97. The number of ether oxygens (including phenoxy) is 1. The summed E-state index contributed by atoms with van der Waals surface area (Å²) < 4.78 is 13.6. The van der Waals surface area contributed by atoms with Crippen molar-refractivity contribution >= 4 is 29.3 Å². The number of carbonyl (C=O) groups excluding carboxylic acids is 1. The quantitative estimate of drug-likeness (QED) is 0.448. The van der Waals surface area contributed by atoms with Gasteiger partial charge in [-0.15, -0.1) is 0 Å². The van der Waals surface area contributed by atoms with Crippen molar-refractivity contribution in [2.24, 2.45) is 4.99 Å². The van der Waals surface area contributed by atoms with Gasteiger partial charge >= 0.3 is 5.97 Å². The molecule has 7 nitrogen and oxygen atoms in total. The molecule has 0 bridgehead atoms. The minimum absolute atomic E-state index is 0.202. The van der Waals surface area contributed by atoms with E-state index in [0.717, 1.165) is 37.4 Å². The first-order chi connectivity index (χ1) is 17.9. The summed E-state index contributed by atoms with van der Waals surface area (Å²) in [7, 11) is 0. The van der Waals surface area contributed by atoms with Gasteiger partial charge < -0.3 is 14.1 Å². The van der Waals surface area contributed by atoms with Crippen LogP contribution in [0.5, 0.6) is 0 Å². The van der Waals surface area contributed by atoms with Crippen LogP contribution in [0.25, 0.3) is 6.08 Å². The Morgan fingerprint density at radius 2 is 1.89 bits per heavy atom. The van der Waals surface area contributed by atoms with Crippen molar-refractivity contribution in [3.8, 4) is 0 Å². The zero-order valence-electron chi connectivity index (χ0n) is 21.8. The molecule has 0 N–H and O–H groups in total. The van der Waals surface area contributed by atoms with E-state index in [-0.39, 0.29) is 12.2 Å². The van der Waals surface area contributed by atoms with Gasteiger partial charge in [0.2, 0.25) is 0 Å². The SMILES string of the molecule is CCOC(=O)C1=C(C)N=c2sc(=Cc3ccc(N4CCCCC4)o3)c(=O)n2C1c1ccc(C(C)C)cc1. The lowest BCUT2D eigenvalue weighted by Crippen LogP contribution is -2.39. The first kappa shape index (κ1) is 25.3. The maximum absolute atomic E-state index is 13.8. The molecule has 2 aliphatic heterocycles. The Morgan fingerprint density at radius 1 is 1.16 bits per heavy atom. The molecule has 0 saturated carbocycles. The molecule has 2 aromatic heterocycles. The van der Waals surface area contributed by atoms with E-state index in [9.17, 15) is 9.59 Å². The number of aromatic nitrogens is 1. The van der Waals surface area contributed by atoms with Gasteiger partial charge in [-0.1, -0.05) is 49.4 Å². The van der Waals surface area contributed by atoms with Gasteiger partial charge in [-0.05, 0) is 56.2 Å². The van der Waals surface area contributed by atoms with Crippen LogP contribution in [0, 0.1) is 0 Å². The van der Waals surface area contributed by atoms with Crippen LogP contribution in [-0.2, 0) is 9.53 Å². The van der Waals surface area contributed by atoms with Crippen LogP contribution < -0.4 is 19.8 Å². The number of anilines is 1. The minimum Gasteiger partial charge on any atom is -0.463 e. The van der Waals surface area contributed by atoms with Crippen molar-refractivity contribution in [2.75, 3.05) is 24.6 Å². The van der Waals surface area contributed by atoms with E-state index in [0.29, 0.717) is 32.3 Å². The first-order valence-electron chi connectivity index (χ1n) is 13.0. The third-order valence-electron chi connectivity index (χ3n) is 6.99. The highest BCUT2D eigenvalue weighted by Gasteiger charge is 2.33. The lowest BCUT2D eigenvalue weighted by molar-refractivity contribution is -0.139. The number of hydrogen-bond acceptors (Lipinski definition) is 7. The Hall–Kier alpha value is -3.39. The van der Waals surface area contributed by atoms with E-state index in [4.69, 9.17) is 9.15 Å². The number of thiazole rings is 1. The molecule has 0 aliphatic carbocycles. The van der Waals surface area contributed by atoms with Gasteiger partial charge in [0.25, 0.3) is 5.56 Å². The molecule has 194 valence electrons. The summed E-state index contributed by atoms with van der Waals surface area (Å²) in [5.74, 6) is 1.39. The molecule has 2 aliphatic rings. The van der Waals surface area contributed by atoms with Crippen molar-refractivity contribution in [3.63, 3.8) is 0 Å². The predicted octanol–water partition coefficient (Wildman–Crippen LogP) is 4.51. The van der Waals surface area contributed by atoms with E-state index in [1.165, 1.54) is 23.3 Å². The summed E-state index contributed by atoms with van der Waals surface area (Å²) in [4.78, 5) is 34.3. The van der Waals surface area contributed by atoms with E-state index in [1.54, 1.807) is 24.5 Å². The standard InChI is InChI=1S/C29H33N3O4S/c1-5-35-28(34)25-19(4)30-29-32(26(25)21-11-9-20(10-12-21)18(2)3)27(33)23(37-29)17-22-13-14-24(36-22)31-15-7-6-8-16-31/h9-14,17-18,26H,5-8,15-16H2,1-4H3. The van der Waals surface area contributed by atoms with Crippen molar-refractivity contribution < 1.29 is 13.9 Å². The van der Waals surface area contributed by atoms with Crippen LogP contribution in [0.2, 0.25) is 0 Å². The summed E-state index contributed by atoms with van der Waals surface area (Å²) in [6.45, 7) is 10.1. The van der Waals surface area contributed by atoms with Crippen molar-refractivity contribution in [3.05, 3.63) is 84.2 Å². The molecule has 1 fully saturated rings. The largest absolute Gasteiger partial charge is 0.463 e.